The first-order valence-electron chi connectivity index (χ1n) is 10.2. The van der Waals surface area contributed by atoms with E-state index in [1.54, 1.807) is 7.11 Å². The average molecular weight is 441 g/mol. The number of hydrogen-bond acceptors (Lipinski definition) is 4. The van der Waals surface area contributed by atoms with Crippen LogP contribution in [0.5, 0.6) is 11.5 Å². The Bertz CT molecular complexity index is 907. The zero-order valence-corrected chi connectivity index (χ0v) is 17.7. The molecule has 28 heavy (non-hydrogen) atoms. The number of halogens is 1. The molecular formula is C23H25BrN2O2. The van der Waals surface area contributed by atoms with Crippen LogP contribution in [0.3, 0.4) is 0 Å². The van der Waals surface area contributed by atoms with Gasteiger partial charge in [-0.3, -0.25) is 0 Å². The number of fused-ring (bicyclic) bond motifs is 3. The van der Waals surface area contributed by atoms with Gasteiger partial charge in [0.2, 0.25) is 0 Å². The van der Waals surface area contributed by atoms with Crippen molar-refractivity contribution in [2.24, 2.45) is 11.0 Å². The van der Waals surface area contributed by atoms with Gasteiger partial charge >= 0.3 is 0 Å². The molecule has 3 aliphatic rings. The quantitative estimate of drug-likeness (QED) is 0.594. The van der Waals surface area contributed by atoms with Gasteiger partial charge in [0.05, 0.1) is 18.9 Å². The molecule has 0 unspecified atom stereocenters. The topological polar surface area (TPSA) is 34.1 Å². The Morgan fingerprint density at radius 1 is 1.11 bits per heavy atom. The maximum atomic E-state index is 6.54. The van der Waals surface area contributed by atoms with Gasteiger partial charge in [0, 0.05) is 27.9 Å². The summed E-state index contributed by atoms with van der Waals surface area (Å²) in [6.07, 6.45) is 7.30. The van der Waals surface area contributed by atoms with Gasteiger partial charge in [0.25, 0.3) is 0 Å². The minimum atomic E-state index is 0.0297. The third-order valence-electron chi connectivity index (χ3n) is 6.24. The van der Waals surface area contributed by atoms with Gasteiger partial charge in [-0.25, -0.2) is 5.01 Å². The number of benzene rings is 2. The van der Waals surface area contributed by atoms with E-state index in [2.05, 4.69) is 51.3 Å². The molecule has 0 spiro atoms. The molecule has 4 nitrogen and oxygen atoms in total. The number of hydrazone groups is 1. The molecule has 0 aromatic heterocycles. The third-order valence-corrected chi connectivity index (χ3v) is 6.73. The highest BCUT2D eigenvalue weighted by molar-refractivity contribution is 9.10. The first-order valence-corrected chi connectivity index (χ1v) is 11.0. The van der Waals surface area contributed by atoms with Crippen LogP contribution in [-0.2, 0) is 0 Å². The molecule has 2 aromatic carbocycles. The smallest absolute Gasteiger partial charge is 0.190 e. The molecule has 1 aliphatic carbocycles. The van der Waals surface area contributed by atoms with Crippen molar-refractivity contribution in [1.82, 2.24) is 5.01 Å². The van der Waals surface area contributed by atoms with E-state index in [0.29, 0.717) is 5.92 Å². The molecule has 0 radical (unpaired) electrons. The zero-order valence-electron chi connectivity index (χ0n) is 16.1. The average Bonchev–Trinajstić information content (AvgIpc) is 3.20. The molecule has 2 atom stereocenters. The Morgan fingerprint density at radius 3 is 2.79 bits per heavy atom. The standard InChI is InChI=1S/C23H25BrN2O2/c1-27-18-9-5-8-16(12-18)20-14-21-19-13-17(24)10-11-22(19)28-23(26(21)25-20)15-6-3-2-4-7-15/h5,8-13,15,21,23H,2-4,6-7,14H2,1H3/t21-,23-/m1/s1. The molecule has 0 N–H and O–H groups in total. The van der Waals surface area contributed by atoms with Gasteiger partial charge < -0.3 is 9.47 Å². The predicted molar refractivity (Wildman–Crippen MR) is 114 cm³/mol. The SMILES string of the molecule is COc1cccc(C2=NN3[C@H](C2)c2cc(Br)ccc2O[C@@H]3C2CCCCC2)c1. The van der Waals surface area contributed by atoms with Crippen molar-refractivity contribution in [3.63, 3.8) is 0 Å². The van der Waals surface area contributed by atoms with E-state index in [0.717, 1.165) is 33.7 Å². The van der Waals surface area contributed by atoms with E-state index < -0.39 is 0 Å². The van der Waals surface area contributed by atoms with Crippen LogP contribution in [-0.4, -0.2) is 24.1 Å². The lowest BCUT2D eigenvalue weighted by atomic mass is 9.86. The van der Waals surface area contributed by atoms with Crippen molar-refractivity contribution in [2.75, 3.05) is 7.11 Å². The van der Waals surface area contributed by atoms with Gasteiger partial charge in [0.15, 0.2) is 6.23 Å². The fourth-order valence-corrected chi connectivity index (χ4v) is 5.17. The van der Waals surface area contributed by atoms with Crippen LogP contribution >= 0.6 is 15.9 Å². The van der Waals surface area contributed by atoms with Gasteiger partial charge in [-0.15, -0.1) is 0 Å². The van der Waals surface area contributed by atoms with E-state index in [1.807, 2.05) is 12.1 Å². The Hall–Kier alpha value is -2.01. The summed E-state index contributed by atoms with van der Waals surface area (Å²) < 4.78 is 13.0. The molecule has 0 amide bonds. The largest absolute Gasteiger partial charge is 0.497 e. The van der Waals surface area contributed by atoms with E-state index >= 15 is 0 Å². The normalized spacial score (nSPS) is 24.2. The first kappa shape index (κ1) is 18.0. The number of hydrogen-bond donors (Lipinski definition) is 0. The third kappa shape index (κ3) is 3.20. The highest BCUT2D eigenvalue weighted by atomic mass is 79.9. The molecule has 5 rings (SSSR count). The molecule has 2 heterocycles. The molecule has 2 aliphatic heterocycles. The van der Waals surface area contributed by atoms with Crippen molar-refractivity contribution in [3.8, 4) is 11.5 Å². The predicted octanol–water partition coefficient (Wildman–Crippen LogP) is 5.91. The van der Waals surface area contributed by atoms with Crippen molar-refractivity contribution in [2.45, 2.75) is 50.8 Å². The summed E-state index contributed by atoms with van der Waals surface area (Å²) in [7, 11) is 1.71. The van der Waals surface area contributed by atoms with E-state index in [-0.39, 0.29) is 12.3 Å². The van der Waals surface area contributed by atoms with E-state index in [1.165, 1.54) is 37.7 Å². The summed E-state index contributed by atoms with van der Waals surface area (Å²) in [6, 6.07) is 14.8. The van der Waals surface area contributed by atoms with Gasteiger partial charge in [-0.2, -0.15) is 5.10 Å². The second-order valence-corrected chi connectivity index (χ2v) is 8.88. The fourth-order valence-electron chi connectivity index (χ4n) is 4.79. The van der Waals surface area contributed by atoms with Crippen molar-refractivity contribution in [3.05, 3.63) is 58.1 Å². The number of rotatable bonds is 3. The number of ether oxygens (including phenoxy) is 2. The van der Waals surface area contributed by atoms with Crippen molar-refractivity contribution < 1.29 is 9.47 Å². The van der Waals surface area contributed by atoms with Crippen LogP contribution in [0.2, 0.25) is 0 Å². The Kier molecular flexibility index (Phi) is 4.79. The monoisotopic (exact) mass is 440 g/mol. The highest BCUT2D eigenvalue weighted by Crippen LogP contribution is 2.47. The molecule has 2 aromatic rings. The molecular weight excluding hydrogens is 416 g/mol. The zero-order chi connectivity index (χ0) is 19.1. The Morgan fingerprint density at radius 2 is 1.96 bits per heavy atom. The number of methoxy groups -OCH3 is 1. The Labute approximate surface area is 174 Å². The summed E-state index contributed by atoms with van der Waals surface area (Å²) in [4.78, 5) is 0. The second kappa shape index (κ2) is 7.43. The lowest BCUT2D eigenvalue weighted by molar-refractivity contribution is -0.0644. The summed E-state index contributed by atoms with van der Waals surface area (Å²) in [5, 5.41) is 7.34. The molecule has 1 saturated carbocycles. The van der Waals surface area contributed by atoms with Crippen LogP contribution < -0.4 is 9.47 Å². The van der Waals surface area contributed by atoms with Crippen LogP contribution in [0.4, 0.5) is 0 Å². The van der Waals surface area contributed by atoms with E-state index in [9.17, 15) is 0 Å². The first-order chi connectivity index (χ1) is 13.7. The molecule has 146 valence electrons. The maximum absolute atomic E-state index is 6.54. The lowest BCUT2D eigenvalue weighted by Crippen LogP contribution is -2.45. The van der Waals surface area contributed by atoms with Crippen molar-refractivity contribution >= 4 is 21.6 Å². The molecule has 1 fully saturated rings. The summed E-state index contributed by atoms with van der Waals surface area (Å²) >= 11 is 3.63. The van der Waals surface area contributed by atoms with Gasteiger partial charge in [-0.1, -0.05) is 47.3 Å². The summed E-state index contributed by atoms with van der Waals surface area (Å²) in [6.45, 7) is 0. The fraction of sp³-hybridized carbons (Fsp3) is 0.435. The summed E-state index contributed by atoms with van der Waals surface area (Å²) in [5.41, 5.74) is 3.47. The van der Waals surface area contributed by atoms with Crippen LogP contribution in [0.15, 0.2) is 52.0 Å². The molecule has 5 heteroatoms. The van der Waals surface area contributed by atoms with Crippen LogP contribution in [0, 0.1) is 5.92 Å². The van der Waals surface area contributed by atoms with Gasteiger partial charge in [0.1, 0.15) is 11.5 Å². The highest BCUT2D eigenvalue weighted by Gasteiger charge is 2.43. The Balaban J connectivity index is 1.53. The van der Waals surface area contributed by atoms with Gasteiger partial charge in [-0.05, 0) is 43.2 Å². The molecule has 0 bridgehead atoms. The van der Waals surface area contributed by atoms with Crippen molar-refractivity contribution in [1.29, 1.82) is 0 Å². The minimum Gasteiger partial charge on any atom is -0.497 e. The maximum Gasteiger partial charge on any atom is 0.190 e. The summed E-state index contributed by atoms with van der Waals surface area (Å²) in [5.74, 6) is 2.43. The minimum absolute atomic E-state index is 0.0297. The second-order valence-electron chi connectivity index (χ2n) is 7.97. The van der Waals surface area contributed by atoms with E-state index in [4.69, 9.17) is 14.6 Å². The lowest BCUT2D eigenvalue weighted by Gasteiger charge is -2.42. The molecule has 0 saturated heterocycles. The number of nitrogens with zero attached hydrogens (tertiary/aromatic N) is 2. The van der Waals surface area contributed by atoms with Crippen LogP contribution in [0.1, 0.15) is 55.7 Å². The van der Waals surface area contributed by atoms with Crippen LogP contribution in [0.25, 0.3) is 0 Å².